The Morgan fingerprint density at radius 3 is 2.92 bits per heavy atom. The summed E-state index contributed by atoms with van der Waals surface area (Å²) in [7, 11) is 0. The first-order valence-electron chi connectivity index (χ1n) is 4.74. The van der Waals surface area contributed by atoms with Gasteiger partial charge in [0.05, 0.1) is 6.54 Å². The van der Waals surface area contributed by atoms with Crippen LogP contribution in [0.2, 0.25) is 0 Å². The summed E-state index contributed by atoms with van der Waals surface area (Å²) in [4.78, 5) is 15.7. The van der Waals surface area contributed by atoms with Gasteiger partial charge in [-0.25, -0.2) is 0 Å². The first kappa shape index (κ1) is 9.06. The number of rotatable bonds is 1. The number of aliphatic imine (C=N–C) groups is 1. The van der Waals surface area contributed by atoms with Gasteiger partial charge in [0.25, 0.3) is 0 Å². The zero-order valence-electron chi connectivity index (χ0n) is 7.75. The van der Waals surface area contributed by atoms with E-state index < -0.39 is 0 Å². The molecule has 13 heavy (non-hydrogen) atoms. The third-order valence-corrected chi connectivity index (χ3v) is 3.45. The van der Waals surface area contributed by atoms with Crippen LogP contribution in [0, 0.1) is 11.8 Å². The lowest BCUT2D eigenvalue weighted by atomic mass is 9.76. The van der Waals surface area contributed by atoms with Crippen molar-refractivity contribution in [3.8, 4) is 0 Å². The molecule has 0 spiro atoms. The predicted molar refractivity (Wildman–Crippen MR) is 54.8 cm³/mol. The van der Waals surface area contributed by atoms with E-state index in [0.717, 1.165) is 36.2 Å². The molecular formula is C9H14N2OS. The molecule has 1 N–H and O–H groups in total. The average molecular weight is 198 g/mol. The van der Waals surface area contributed by atoms with E-state index in [2.05, 4.69) is 17.2 Å². The largest absolute Gasteiger partial charge is 0.305 e. The van der Waals surface area contributed by atoms with Crippen molar-refractivity contribution in [3.05, 3.63) is 0 Å². The van der Waals surface area contributed by atoms with Crippen LogP contribution < -0.4 is 5.32 Å². The van der Waals surface area contributed by atoms with Gasteiger partial charge in [-0.3, -0.25) is 9.79 Å². The number of carbonyl (C=O) groups excluding carboxylic acids is 1. The van der Waals surface area contributed by atoms with Gasteiger partial charge < -0.3 is 5.32 Å². The Morgan fingerprint density at radius 2 is 2.38 bits per heavy atom. The molecule has 4 heteroatoms. The smallest absolute Gasteiger partial charge is 0.229 e. The van der Waals surface area contributed by atoms with Gasteiger partial charge in [0.1, 0.15) is 0 Å². The molecule has 1 saturated carbocycles. The second-order valence-corrected chi connectivity index (χ2v) is 4.88. The van der Waals surface area contributed by atoms with Gasteiger partial charge in [0.2, 0.25) is 5.91 Å². The first-order valence-corrected chi connectivity index (χ1v) is 5.72. The Bertz CT molecular complexity index is 246. The Labute approximate surface area is 82.4 Å². The van der Waals surface area contributed by atoms with Crippen LogP contribution in [0.1, 0.15) is 19.8 Å². The lowest BCUT2D eigenvalue weighted by Crippen LogP contribution is -2.39. The zero-order valence-corrected chi connectivity index (χ0v) is 8.56. The molecule has 1 aliphatic heterocycles. The Hall–Kier alpha value is -0.510. The third-order valence-electron chi connectivity index (χ3n) is 2.56. The van der Waals surface area contributed by atoms with Crippen LogP contribution in [0.4, 0.5) is 0 Å². The topological polar surface area (TPSA) is 41.5 Å². The van der Waals surface area contributed by atoms with Crippen LogP contribution in [0.15, 0.2) is 4.99 Å². The molecule has 1 amide bonds. The first-order chi connectivity index (χ1) is 6.25. The van der Waals surface area contributed by atoms with E-state index in [1.54, 1.807) is 11.8 Å². The fraction of sp³-hybridized carbons (Fsp3) is 0.778. The van der Waals surface area contributed by atoms with Crippen LogP contribution in [0.5, 0.6) is 0 Å². The number of hydrogen-bond donors (Lipinski definition) is 1. The van der Waals surface area contributed by atoms with Crippen LogP contribution in [0.3, 0.4) is 0 Å². The monoisotopic (exact) mass is 198 g/mol. The summed E-state index contributed by atoms with van der Waals surface area (Å²) >= 11 is 1.64. The molecule has 0 radical (unpaired) electrons. The van der Waals surface area contributed by atoms with Crippen molar-refractivity contribution in [2.75, 3.05) is 12.3 Å². The van der Waals surface area contributed by atoms with Crippen LogP contribution in [0.25, 0.3) is 0 Å². The van der Waals surface area contributed by atoms with Crippen LogP contribution in [-0.2, 0) is 4.79 Å². The molecule has 2 rings (SSSR count). The number of amides is 1. The molecule has 1 heterocycles. The average Bonchev–Trinajstić information content (AvgIpc) is 2.51. The van der Waals surface area contributed by atoms with Crippen molar-refractivity contribution in [3.63, 3.8) is 0 Å². The fourth-order valence-electron chi connectivity index (χ4n) is 1.73. The molecule has 0 aromatic rings. The van der Waals surface area contributed by atoms with Crippen molar-refractivity contribution in [2.45, 2.75) is 19.8 Å². The number of nitrogens with zero attached hydrogens (tertiary/aromatic N) is 1. The molecule has 3 nitrogen and oxygen atoms in total. The molecule has 72 valence electrons. The Morgan fingerprint density at radius 1 is 1.62 bits per heavy atom. The summed E-state index contributed by atoms with van der Waals surface area (Å²) in [6, 6.07) is 0. The maximum Gasteiger partial charge on any atom is 0.229 e. The van der Waals surface area contributed by atoms with E-state index in [9.17, 15) is 4.79 Å². The quantitative estimate of drug-likeness (QED) is 0.689. The highest BCUT2D eigenvalue weighted by Crippen LogP contribution is 2.33. The third kappa shape index (κ3) is 2.05. The highest BCUT2D eigenvalue weighted by molar-refractivity contribution is 8.14. The molecular weight excluding hydrogens is 184 g/mol. The Balaban J connectivity index is 1.78. The van der Waals surface area contributed by atoms with E-state index in [-0.39, 0.29) is 11.8 Å². The van der Waals surface area contributed by atoms with E-state index in [1.807, 2.05) is 0 Å². The molecule has 0 aromatic carbocycles. The molecule has 1 fully saturated rings. The molecule has 0 aromatic heterocycles. The summed E-state index contributed by atoms with van der Waals surface area (Å²) in [5.41, 5.74) is 0. The van der Waals surface area contributed by atoms with Crippen molar-refractivity contribution in [2.24, 2.45) is 16.8 Å². The van der Waals surface area contributed by atoms with Gasteiger partial charge in [-0.05, 0) is 18.8 Å². The number of nitrogens with one attached hydrogen (secondary N) is 1. The Kier molecular flexibility index (Phi) is 2.58. The van der Waals surface area contributed by atoms with Crippen molar-refractivity contribution < 1.29 is 4.79 Å². The van der Waals surface area contributed by atoms with Crippen molar-refractivity contribution in [1.82, 2.24) is 5.32 Å². The maximum absolute atomic E-state index is 11.5. The molecule has 0 bridgehead atoms. The standard InChI is InChI=1S/C9H14N2OS/c1-6-4-7(5-6)8(12)11-9-10-2-3-13-9/h6-7H,2-5H2,1H3,(H,10,11,12). The van der Waals surface area contributed by atoms with Gasteiger partial charge >= 0.3 is 0 Å². The lowest BCUT2D eigenvalue weighted by molar-refractivity contribution is -0.127. The number of hydrogen-bond acceptors (Lipinski definition) is 3. The van der Waals surface area contributed by atoms with Crippen molar-refractivity contribution >= 4 is 22.8 Å². The highest BCUT2D eigenvalue weighted by Gasteiger charge is 2.32. The molecule has 0 atom stereocenters. The number of amidine groups is 1. The highest BCUT2D eigenvalue weighted by atomic mass is 32.2. The minimum absolute atomic E-state index is 0.172. The number of carbonyl (C=O) groups is 1. The summed E-state index contributed by atoms with van der Waals surface area (Å²) in [6.07, 6.45) is 2.09. The SMILES string of the molecule is CC1CC(C(=O)NC2=NCCS2)C1. The second kappa shape index (κ2) is 3.70. The molecule has 0 unspecified atom stereocenters. The normalized spacial score (nSPS) is 32.2. The summed E-state index contributed by atoms with van der Waals surface area (Å²) in [5, 5.41) is 3.70. The number of thioether (sulfide) groups is 1. The summed E-state index contributed by atoms with van der Waals surface area (Å²) in [6.45, 7) is 3.03. The summed E-state index contributed by atoms with van der Waals surface area (Å²) in [5.74, 6) is 2.16. The van der Waals surface area contributed by atoms with Gasteiger partial charge in [-0.15, -0.1) is 0 Å². The van der Waals surface area contributed by atoms with Crippen LogP contribution in [-0.4, -0.2) is 23.4 Å². The van der Waals surface area contributed by atoms with E-state index in [0.29, 0.717) is 0 Å². The van der Waals surface area contributed by atoms with E-state index in [4.69, 9.17) is 0 Å². The lowest BCUT2D eigenvalue weighted by Gasteiger charge is -2.31. The minimum Gasteiger partial charge on any atom is -0.305 e. The minimum atomic E-state index is 0.172. The van der Waals surface area contributed by atoms with Crippen molar-refractivity contribution in [1.29, 1.82) is 0 Å². The maximum atomic E-state index is 11.5. The van der Waals surface area contributed by atoms with Gasteiger partial charge in [-0.2, -0.15) is 0 Å². The zero-order chi connectivity index (χ0) is 9.26. The van der Waals surface area contributed by atoms with E-state index in [1.165, 1.54) is 0 Å². The second-order valence-electron chi connectivity index (χ2n) is 3.80. The fourth-order valence-corrected chi connectivity index (χ4v) is 2.47. The van der Waals surface area contributed by atoms with Gasteiger partial charge in [0, 0.05) is 11.7 Å². The molecule has 2 aliphatic rings. The van der Waals surface area contributed by atoms with Crippen LogP contribution >= 0.6 is 11.8 Å². The summed E-state index contributed by atoms with van der Waals surface area (Å²) < 4.78 is 0. The molecule has 1 aliphatic carbocycles. The van der Waals surface area contributed by atoms with Gasteiger partial charge in [-0.1, -0.05) is 18.7 Å². The van der Waals surface area contributed by atoms with E-state index >= 15 is 0 Å². The predicted octanol–water partition coefficient (Wildman–Crippen LogP) is 1.25. The molecule has 0 saturated heterocycles. The van der Waals surface area contributed by atoms with Gasteiger partial charge in [0.15, 0.2) is 5.17 Å².